The van der Waals surface area contributed by atoms with Gasteiger partial charge in [-0.3, -0.25) is 9.59 Å². The standard InChI is InChI=1S/C26H24N2O3/c1-18-12-19(2)14-20(13-18)27-26(30)16-28-15-23(22-10-6-7-11-24(22)28)25(29)17-31-21-8-4-3-5-9-21/h3-15H,16-17H2,1-2H3,(H,27,30). The number of Topliss-reactive ketones (excluding diaryl/α,β-unsaturated/α-hetero) is 1. The maximum absolute atomic E-state index is 12.9. The van der Waals surface area contributed by atoms with Crippen LogP contribution in [0.15, 0.2) is 79.0 Å². The van der Waals surface area contributed by atoms with Gasteiger partial charge in [0.25, 0.3) is 0 Å². The van der Waals surface area contributed by atoms with E-state index in [-0.39, 0.29) is 24.8 Å². The third-order valence-corrected chi connectivity index (χ3v) is 5.02. The minimum absolute atomic E-state index is 0.0627. The molecule has 0 bridgehead atoms. The Bertz CT molecular complexity index is 1220. The van der Waals surface area contributed by atoms with Crippen LogP contribution < -0.4 is 10.1 Å². The highest BCUT2D eigenvalue weighted by atomic mass is 16.5. The third-order valence-electron chi connectivity index (χ3n) is 5.02. The fourth-order valence-corrected chi connectivity index (χ4v) is 3.75. The Labute approximate surface area is 181 Å². The van der Waals surface area contributed by atoms with Gasteiger partial charge in [-0.25, -0.2) is 0 Å². The topological polar surface area (TPSA) is 60.3 Å². The van der Waals surface area contributed by atoms with Crippen molar-refractivity contribution in [1.82, 2.24) is 4.57 Å². The van der Waals surface area contributed by atoms with E-state index in [4.69, 9.17) is 4.74 Å². The minimum atomic E-state index is -0.148. The highest BCUT2D eigenvalue weighted by Gasteiger charge is 2.17. The average molecular weight is 412 g/mol. The van der Waals surface area contributed by atoms with Crippen LogP contribution in [-0.4, -0.2) is 22.9 Å². The van der Waals surface area contributed by atoms with Crippen molar-refractivity contribution in [2.24, 2.45) is 0 Å². The van der Waals surface area contributed by atoms with Crippen molar-refractivity contribution in [2.45, 2.75) is 20.4 Å². The van der Waals surface area contributed by atoms with Crippen LogP contribution >= 0.6 is 0 Å². The number of para-hydroxylation sites is 2. The lowest BCUT2D eigenvalue weighted by Gasteiger charge is -2.09. The van der Waals surface area contributed by atoms with Crippen LogP contribution in [0.25, 0.3) is 10.9 Å². The van der Waals surface area contributed by atoms with Gasteiger partial charge in [0, 0.05) is 28.4 Å². The van der Waals surface area contributed by atoms with Crippen LogP contribution in [0, 0.1) is 13.8 Å². The fraction of sp³-hybridized carbons (Fsp3) is 0.154. The lowest BCUT2D eigenvalue weighted by atomic mass is 10.1. The van der Waals surface area contributed by atoms with Gasteiger partial charge in [0.2, 0.25) is 11.7 Å². The van der Waals surface area contributed by atoms with Gasteiger partial charge in [-0.05, 0) is 55.3 Å². The molecule has 0 saturated heterocycles. The van der Waals surface area contributed by atoms with E-state index in [1.54, 1.807) is 6.20 Å². The van der Waals surface area contributed by atoms with Gasteiger partial charge in [0.05, 0.1) is 0 Å². The molecule has 1 heterocycles. The summed E-state index contributed by atoms with van der Waals surface area (Å²) >= 11 is 0. The Morgan fingerprint density at radius 1 is 0.903 bits per heavy atom. The molecule has 1 aromatic heterocycles. The maximum atomic E-state index is 12.9. The maximum Gasteiger partial charge on any atom is 0.244 e. The second kappa shape index (κ2) is 8.88. The molecule has 0 spiro atoms. The normalized spacial score (nSPS) is 10.8. The van der Waals surface area contributed by atoms with Crippen LogP contribution in [0.2, 0.25) is 0 Å². The summed E-state index contributed by atoms with van der Waals surface area (Å²) in [5.74, 6) is 0.367. The SMILES string of the molecule is Cc1cc(C)cc(NC(=O)Cn2cc(C(=O)COc3ccccc3)c3ccccc32)c1. The summed E-state index contributed by atoms with van der Waals surface area (Å²) in [6.45, 7) is 4.04. The van der Waals surface area contributed by atoms with E-state index >= 15 is 0 Å². The molecule has 1 N–H and O–H groups in total. The molecule has 0 saturated carbocycles. The lowest BCUT2D eigenvalue weighted by molar-refractivity contribution is -0.116. The monoisotopic (exact) mass is 412 g/mol. The van der Waals surface area contributed by atoms with Crippen molar-refractivity contribution in [3.05, 3.63) is 95.7 Å². The van der Waals surface area contributed by atoms with E-state index in [1.807, 2.05) is 85.1 Å². The smallest absolute Gasteiger partial charge is 0.244 e. The molecule has 0 fully saturated rings. The molecule has 0 aliphatic carbocycles. The average Bonchev–Trinajstić information content (AvgIpc) is 3.10. The first-order valence-corrected chi connectivity index (χ1v) is 10.2. The van der Waals surface area contributed by atoms with Crippen molar-refractivity contribution < 1.29 is 14.3 Å². The number of ether oxygens (including phenoxy) is 1. The van der Waals surface area contributed by atoms with Crippen molar-refractivity contribution in [1.29, 1.82) is 0 Å². The Hall–Kier alpha value is -3.86. The molecule has 0 radical (unpaired) electrons. The second-order valence-corrected chi connectivity index (χ2v) is 7.64. The van der Waals surface area contributed by atoms with Gasteiger partial charge in [0.15, 0.2) is 6.61 Å². The number of carbonyl (C=O) groups excluding carboxylic acids is 2. The number of hydrogen-bond acceptors (Lipinski definition) is 3. The van der Waals surface area contributed by atoms with E-state index in [0.717, 1.165) is 27.7 Å². The highest BCUT2D eigenvalue weighted by molar-refractivity contribution is 6.09. The first-order chi connectivity index (χ1) is 15.0. The van der Waals surface area contributed by atoms with E-state index < -0.39 is 0 Å². The number of aryl methyl sites for hydroxylation is 2. The predicted molar refractivity (Wildman–Crippen MR) is 123 cm³/mol. The molecule has 4 rings (SSSR count). The molecule has 3 aromatic carbocycles. The third kappa shape index (κ3) is 4.83. The number of carbonyl (C=O) groups is 2. The Balaban J connectivity index is 1.53. The summed E-state index contributed by atoms with van der Waals surface area (Å²) in [4.78, 5) is 25.6. The van der Waals surface area contributed by atoms with Crippen molar-refractivity contribution >= 4 is 28.3 Å². The second-order valence-electron chi connectivity index (χ2n) is 7.64. The number of nitrogens with one attached hydrogen (secondary N) is 1. The van der Waals surface area contributed by atoms with Gasteiger partial charge < -0.3 is 14.6 Å². The fourth-order valence-electron chi connectivity index (χ4n) is 3.75. The number of benzene rings is 3. The molecular weight excluding hydrogens is 388 g/mol. The first-order valence-electron chi connectivity index (χ1n) is 10.2. The summed E-state index contributed by atoms with van der Waals surface area (Å²) in [6, 6.07) is 22.8. The lowest BCUT2D eigenvalue weighted by Crippen LogP contribution is -2.18. The Morgan fingerprint density at radius 3 is 2.32 bits per heavy atom. The number of fused-ring (bicyclic) bond motifs is 1. The Kier molecular flexibility index (Phi) is 5.85. The number of anilines is 1. The molecule has 0 atom stereocenters. The van der Waals surface area contributed by atoms with Crippen LogP contribution in [-0.2, 0) is 11.3 Å². The van der Waals surface area contributed by atoms with Crippen molar-refractivity contribution in [2.75, 3.05) is 11.9 Å². The largest absolute Gasteiger partial charge is 0.485 e. The summed E-state index contributed by atoms with van der Waals surface area (Å²) < 4.78 is 7.43. The van der Waals surface area contributed by atoms with Gasteiger partial charge in [-0.2, -0.15) is 0 Å². The number of amides is 1. The van der Waals surface area contributed by atoms with E-state index in [2.05, 4.69) is 11.4 Å². The highest BCUT2D eigenvalue weighted by Crippen LogP contribution is 2.23. The molecule has 4 aromatic rings. The number of nitrogens with zero attached hydrogens (tertiary/aromatic N) is 1. The molecule has 0 unspecified atom stereocenters. The summed E-state index contributed by atoms with van der Waals surface area (Å²) in [6.07, 6.45) is 1.74. The van der Waals surface area contributed by atoms with Gasteiger partial charge >= 0.3 is 0 Å². The number of ketones is 1. The van der Waals surface area contributed by atoms with Gasteiger partial charge in [-0.15, -0.1) is 0 Å². The molecule has 156 valence electrons. The van der Waals surface area contributed by atoms with Crippen molar-refractivity contribution in [3.63, 3.8) is 0 Å². The van der Waals surface area contributed by atoms with Crippen LogP contribution in [0.3, 0.4) is 0 Å². The molecule has 0 aliphatic rings. The summed E-state index contributed by atoms with van der Waals surface area (Å²) in [7, 11) is 0. The van der Waals surface area contributed by atoms with Crippen LogP contribution in [0.5, 0.6) is 5.75 Å². The van der Waals surface area contributed by atoms with Crippen molar-refractivity contribution in [3.8, 4) is 5.75 Å². The van der Waals surface area contributed by atoms with E-state index in [0.29, 0.717) is 11.3 Å². The quantitative estimate of drug-likeness (QED) is 0.427. The summed E-state index contributed by atoms with van der Waals surface area (Å²) in [5, 5.41) is 3.76. The zero-order valence-electron chi connectivity index (χ0n) is 17.6. The zero-order chi connectivity index (χ0) is 21.8. The number of aromatic nitrogens is 1. The molecular formula is C26H24N2O3. The first kappa shape index (κ1) is 20.4. The van der Waals surface area contributed by atoms with Gasteiger partial charge in [0.1, 0.15) is 12.3 Å². The molecule has 31 heavy (non-hydrogen) atoms. The van der Waals surface area contributed by atoms with Gasteiger partial charge in [-0.1, -0.05) is 42.5 Å². The molecule has 1 amide bonds. The predicted octanol–water partition coefficient (Wildman–Crippen LogP) is 5.16. The molecule has 0 aliphatic heterocycles. The minimum Gasteiger partial charge on any atom is -0.485 e. The molecule has 5 nitrogen and oxygen atoms in total. The number of hydrogen-bond donors (Lipinski definition) is 1. The van der Waals surface area contributed by atoms with E-state index in [9.17, 15) is 9.59 Å². The number of rotatable bonds is 7. The Morgan fingerprint density at radius 2 is 1.58 bits per heavy atom. The zero-order valence-corrected chi connectivity index (χ0v) is 17.6. The summed E-state index contributed by atoms with van der Waals surface area (Å²) in [5.41, 5.74) is 4.33. The molecule has 5 heteroatoms. The van der Waals surface area contributed by atoms with Crippen LogP contribution in [0.1, 0.15) is 21.5 Å². The van der Waals surface area contributed by atoms with Crippen LogP contribution in [0.4, 0.5) is 5.69 Å². The van der Waals surface area contributed by atoms with E-state index in [1.165, 1.54) is 0 Å².